The van der Waals surface area contributed by atoms with Crippen LogP contribution in [0.5, 0.6) is 0 Å². The van der Waals surface area contributed by atoms with Crippen LogP contribution in [0, 0.1) is 0 Å². The molecular weight excluding hydrogens is 587 g/mol. The maximum absolute atomic E-state index is 11.8. The van der Waals surface area contributed by atoms with Gasteiger partial charge in [0.05, 0.1) is 0 Å². The van der Waals surface area contributed by atoms with Gasteiger partial charge in [0, 0.05) is 22.3 Å². The van der Waals surface area contributed by atoms with Crippen molar-refractivity contribution in [2.75, 3.05) is 13.2 Å². The Hall–Kier alpha value is -2.07. The molecule has 0 spiro atoms. The van der Waals surface area contributed by atoms with Gasteiger partial charge in [-0.3, -0.25) is 0 Å². The second-order valence-corrected chi connectivity index (χ2v) is 12.4. The molecular formula is C39H60N2NiO2. The molecule has 0 aliphatic carbocycles. The first-order chi connectivity index (χ1) is 21.6. The quantitative estimate of drug-likeness (QED) is 0.0769. The van der Waals surface area contributed by atoms with Crippen molar-refractivity contribution in [2.24, 2.45) is 0 Å². The molecule has 0 bridgehead atoms. The fraction of sp³-hybridized carbons (Fsp3) is 0.590. The van der Waals surface area contributed by atoms with Gasteiger partial charge < -0.3 is 5.53 Å². The predicted molar refractivity (Wildman–Crippen MR) is 184 cm³/mol. The Balaban J connectivity index is 0.000000860. The number of hydrogen-bond acceptors (Lipinski definition) is 2. The van der Waals surface area contributed by atoms with E-state index in [1.54, 1.807) is 4.70 Å². The van der Waals surface area contributed by atoms with Gasteiger partial charge in [0.25, 0.3) is 0 Å². The van der Waals surface area contributed by atoms with Crippen molar-refractivity contribution >= 4 is 11.4 Å². The summed E-state index contributed by atoms with van der Waals surface area (Å²) in [6.45, 7) is 14.3. The average molecular weight is 648 g/mol. The molecule has 1 heterocycles. The van der Waals surface area contributed by atoms with Gasteiger partial charge in [-0.1, -0.05) is 96.9 Å². The third-order valence-corrected chi connectivity index (χ3v) is 8.80. The minimum atomic E-state index is 0.708. The summed E-state index contributed by atoms with van der Waals surface area (Å²) >= 11 is 0.899. The number of hydrogen-bond donors (Lipinski definition) is 0. The van der Waals surface area contributed by atoms with Crippen LogP contribution in [-0.2, 0) is 35.7 Å². The van der Waals surface area contributed by atoms with E-state index in [0.29, 0.717) is 13.2 Å². The summed E-state index contributed by atoms with van der Waals surface area (Å²) < 4.78 is 11.1. The van der Waals surface area contributed by atoms with Crippen LogP contribution < -0.4 is 0 Å². The maximum atomic E-state index is 11.8. The Labute approximate surface area is 276 Å². The molecule has 0 unspecified atom stereocenters. The van der Waals surface area contributed by atoms with Gasteiger partial charge in [-0.05, 0) is 86.8 Å². The first-order valence-corrected chi connectivity index (χ1v) is 18.3. The van der Waals surface area contributed by atoms with Crippen LogP contribution in [0.15, 0.2) is 59.7 Å². The molecule has 0 amide bonds. The van der Waals surface area contributed by atoms with Crippen molar-refractivity contribution in [3.63, 3.8) is 0 Å². The molecule has 248 valence electrons. The van der Waals surface area contributed by atoms with Crippen molar-refractivity contribution < 1.29 is 27.5 Å². The van der Waals surface area contributed by atoms with Crippen LogP contribution in [-0.4, -0.2) is 17.9 Å². The van der Waals surface area contributed by atoms with E-state index in [9.17, 15) is 5.53 Å². The molecule has 0 saturated carbocycles. The molecule has 4 nitrogen and oxygen atoms in total. The summed E-state index contributed by atoms with van der Waals surface area (Å²) in [5, 5.41) is 0. The normalized spacial score (nSPS) is 13.2. The molecule has 3 rings (SSSR count). The number of benzene rings is 2. The van der Waals surface area contributed by atoms with Crippen molar-refractivity contribution in [3.05, 3.63) is 87.5 Å². The van der Waals surface area contributed by atoms with E-state index >= 15 is 0 Å². The van der Waals surface area contributed by atoms with Crippen molar-refractivity contribution in [1.82, 2.24) is 0 Å². The molecule has 0 aromatic heterocycles. The molecule has 1 aliphatic rings. The van der Waals surface area contributed by atoms with Gasteiger partial charge >= 0.3 is 49.9 Å². The Morgan fingerprint density at radius 3 is 1.68 bits per heavy atom. The first-order valence-electron chi connectivity index (χ1n) is 17.5. The van der Waals surface area contributed by atoms with Crippen molar-refractivity contribution in [1.29, 1.82) is 0 Å². The number of rotatable bonds is 21. The summed E-state index contributed by atoms with van der Waals surface area (Å²) in [6, 6.07) is 17.9. The summed E-state index contributed by atoms with van der Waals surface area (Å²) in [5.41, 5.74) is 21.6. The van der Waals surface area contributed by atoms with Gasteiger partial charge in [-0.25, -0.2) is 4.70 Å². The van der Waals surface area contributed by atoms with Gasteiger partial charge in [0.1, 0.15) is 0 Å². The van der Waals surface area contributed by atoms with Crippen LogP contribution >= 0.6 is 0 Å². The van der Waals surface area contributed by atoms with E-state index < -0.39 is 0 Å². The molecule has 2 aromatic rings. The van der Waals surface area contributed by atoms with Crippen LogP contribution in [0.3, 0.4) is 0 Å². The van der Waals surface area contributed by atoms with Gasteiger partial charge in [0.2, 0.25) is 11.4 Å². The van der Waals surface area contributed by atoms with Gasteiger partial charge in [-0.15, -0.1) is 0 Å². The molecule has 2 aromatic carbocycles. The van der Waals surface area contributed by atoms with E-state index in [1.165, 1.54) is 73.6 Å². The summed E-state index contributed by atoms with van der Waals surface area (Å²) in [4.78, 5) is 0. The number of unbranched alkanes of at least 4 members (excludes halogenated alkanes) is 7. The predicted octanol–water partition coefficient (Wildman–Crippen LogP) is 12.1. The second-order valence-electron chi connectivity index (χ2n) is 11.7. The number of allylic oxidation sites excluding steroid dienone is 2. The van der Waals surface area contributed by atoms with Crippen molar-refractivity contribution in [2.45, 2.75) is 138 Å². The zero-order chi connectivity index (χ0) is 32.0. The van der Waals surface area contributed by atoms with Gasteiger partial charge in [0.15, 0.2) is 0 Å². The standard InChI is InChI=1S/C35H50N2.2C2H5O.Ni/c1-5-9-13-15-18-28-23-25-30(26-24-28)34-32(21-12-8-4)33(22-14-10-6-2)35(37(34)36)31-20-16-19-29(27-31)17-11-7-3;2*1-2-3;/h16,19-20,23-27H,5-15,17-18,21-22H2,1-4H3;2*2H2,1H3;/q;2*-1;+2. The number of aryl methyl sites for hydroxylation is 2. The Morgan fingerprint density at radius 2 is 1.07 bits per heavy atom. The molecule has 5 heteroatoms. The van der Waals surface area contributed by atoms with E-state index in [4.69, 9.17) is 7.76 Å². The van der Waals surface area contributed by atoms with E-state index in [-0.39, 0.29) is 0 Å². The molecule has 1 aliphatic heterocycles. The topological polar surface area (TPSA) is 43.8 Å². The molecule has 0 saturated heterocycles. The van der Waals surface area contributed by atoms with E-state index in [0.717, 1.165) is 82.5 Å². The van der Waals surface area contributed by atoms with E-state index in [2.05, 4.69) is 76.2 Å². The van der Waals surface area contributed by atoms with Gasteiger partial charge in [-0.2, -0.15) is 0 Å². The fourth-order valence-electron chi connectivity index (χ4n) is 5.63. The fourth-order valence-corrected chi connectivity index (χ4v) is 5.95. The van der Waals surface area contributed by atoms with Crippen LogP contribution in [0.1, 0.15) is 147 Å². The third-order valence-electron chi connectivity index (χ3n) is 7.99. The molecule has 0 N–H and O–H groups in total. The molecule has 0 radical (unpaired) electrons. The minimum absolute atomic E-state index is 0.708. The van der Waals surface area contributed by atoms with Crippen LogP contribution in [0.25, 0.3) is 16.9 Å². The average Bonchev–Trinajstić information content (AvgIpc) is 3.32. The summed E-state index contributed by atoms with van der Waals surface area (Å²) in [5.74, 6) is 0. The summed E-state index contributed by atoms with van der Waals surface area (Å²) in [7, 11) is 0. The number of nitrogens with zero attached hydrogens (tertiary/aromatic N) is 2. The Bertz CT molecular complexity index is 1150. The first kappa shape index (κ1) is 38.1. The Kier molecular flexibility index (Phi) is 20.2. The SMILES string of the molecule is CCCCCCc1ccc(C2=C(CCCC)C(CCCCC)=C(c3cccc(CCCC)c3)[N+]2=[N-])cc1.CC[O][Ni][O]CC. The summed E-state index contributed by atoms with van der Waals surface area (Å²) in [6.07, 6.45) is 17.7. The zero-order valence-electron chi connectivity index (χ0n) is 28.7. The Morgan fingerprint density at radius 1 is 0.545 bits per heavy atom. The van der Waals surface area contributed by atoms with Crippen LogP contribution in [0.2, 0.25) is 0 Å². The molecule has 44 heavy (non-hydrogen) atoms. The monoisotopic (exact) mass is 646 g/mol. The second kappa shape index (κ2) is 23.3. The van der Waals surface area contributed by atoms with Crippen molar-refractivity contribution in [3.8, 4) is 0 Å². The zero-order valence-corrected chi connectivity index (χ0v) is 29.7. The third kappa shape index (κ3) is 12.7. The van der Waals surface area contributed by atoms with E-state index in [1.807, 2.05) is 13.8 Å². The molecule has 0 atom stereocenters. The molecule has 0 fully saturated rings. The van der Waals surface area contributed by atoms with Crippen LogP contribution in [0.4, 0.5) is 0 Å².